The van der Waals surface area contributed by atoms with E-state index in [1.807, 2.05) is 54.6 Å². The molecule has 1 aliphatic carbocycles. The molecule has 2 aromatic rings. The molecule has 0 aromatic heterocycles. The fourth-order valence-corrected chi connectivity index (χ4v) is 2.98. The van der Waals surface area contributed by atoms with E-state index in [1.165, 1.54) is 0 Å². The number of halogens is 1. The van der Waals surface area contributed by atoms with Crippen LogP contribution in [0.3, 0.4) is 0 Å². The predicted octanol–water partition coefficient (Wildman–Crippen LogP) is 3.69. The summed E-state index contributed by atoms with van der Waals surface area (Å²) in [6.45, 7) is 0.523. The number of nitrogens with one attached hydrogen (secondary N) is 1. The summed E-state index contributed by atoms with van der Waals surface area (Å²) in [5.41, 5.74) is 7.68. The maximum atomic E-state index is 12.3. The fourth-order valence-electron chi connectivity index (χ4n) is 2.98. The molecule has 1 amide bonds. The molecule has 3 N–H and O–H groups in total. The molecule has 0 aliphatic heterocycles. The Bertz CT molecular complexity index is 653. The third-order valence-electron chi connectivity index (χ3n) is 4.47. The largest absolute Gasteiger partial charge is 0.489 e. The van der Waals surface area contributed by atoms with E-state index in [0.29, 0.717) is 18.2 Å². The molecule has 1 saturated carbocycles. The van der Waals surface area contributed by atoms with Crippen molar-refractivity contribution in [3.05, 3.63) is 65.7 Å². The molecule has 134 valence electrons. The van der Waals surface area contributed by atoms with Crippen molar-refractivity contribution >= 4 is 18.3 Å². The minimum absolute atomic E-state index is 0. The van der Waals surface area contributed by atoms with Gasteiger partial charge >= 0.3 is 0 Å². The number of amides is 1. The zero-order valence-electron chi connectivity index (χ0n) is 14.2. The SMILES string of the molecule is Cl.NC1CCC(NC(=O)c2ccc(OCc3ccccc3)cc2)CC1. The molecule has 0 saturated heterocycles. The molecule has 0 atom stereocenters. The summed E-state index contributed by atoms with van der Waals surface area (Å²) in [6, 6.07) is 17.9. The molecular weight excluding hydrogens is 336 g/mol. The summed E-state index contributed by atoms with van der Waals surface area (Å²) in [6.07, 6.45) is 3.89. The smallest absolute Gasteiger partial charge is 0.251 e. The number of carbonyl (C=O) groups is 1. The van der Waals surface area contributed by atoms with Crippen LogP contribution in [0.4, 0.5) is 0 Å². The second kappa shape index (κ2) is 9.44. The van der Waals surface area contributed by atoms with Gasteiger partial charge in [0.05, 0.1) is 0 Å². The van der Waals surface area contributed by atoms with Gasteiger partial charge in [-0.15, -0.1) is 12.4 Å². The van der Waals surface area contributed by atoms with E-state index in [1.54, 1.807) is 0 Å². The molecular formula is C20H25ClN2O2. The summed E-state index contributed by atoms with van der Waals surface area (Å²) in [4.78, 5) is 12.3. The first-order valence-electron chi connectivity index (χ1n) is 8.54. The number of ether oxygens (including phenoxy) is 1. The molecule has 5 heteroatoms. The van der Waals surface area contributed by atoms with Crippen LogP contribution in [0.25, 0.3) is 0 Å². The quantitative estimate of drug-likeness (QED) is 0.854. The first-order chi connectivity index (χ1) is 11.7. The second-order valence-corrected chi connectivity index (χ2v) is 6.38. The fraction of sp³-hybridized carbons (Fsp3) is 0.350. The third-order valence-corrected chi connectivity index (χ3v) is 4.47. The first kappa shape index (κ1) is 19.3. The Morgan fingerprint density at radius 3 is 2.28 bits per heavy atom. The van der Waals surface area contributed by atoms with Crippen molar-refractivity contribution in [3.8, 4) is 5.75 Å². The van der Waals surface area contributed by atoms with Gasteiger partial charge in [0, 0.05) is 17.6 Å². The average molecular weight is 361 g/mol. The lowest BCUT2D eigenvalue weighted by Crippen LogP contribution is -2.40. The maximum Gasteiger partial charge on any atom is 0.251 e. The molecule has 2 aromatic carbocycles. The van der Waals surface area contributed by atoms with Crippen LogP contribution in [-0.4, -0.2) is 18.0 Å². The summed E-state index contributed by atoms with van der Waals surface area (Å²) < 4.78 is 5.74. The van der Waals surface area contributed by atoms with Crippen molar-refractivity contribution in [3.63, 3.8) is 0 Å². The van der Waals surface area contributed by atoms with Crippen LogP contribution in [0, 0.1) is 0 Å². The highest BCUT2D eigenvalue weighted by Crippen LogP contribution is 2.18. The molecule has 0 unspecified atom stereocenters. The molecule has 25 heavy (non-hydrogen) atoms. The lowest BCUT2D eigenvalue weighted by atomic mass is 9.91. The van der Waals surface area contributed by atoms with Crippen molar-refractivity contribution in [2.75, 3.05) is 0 Å². The number of hydrogen-bond acceptors (Lipinski definition) is 3. The Balaban J connectivity index is 0.00000225. The minimum atomic E-state index is -0.0231. The summed E-state index contributed by atoms with van der Waals surface area (Å²) in [5.74, 6) is 0.740. The molecule has 0 spiro atoms. The Labute approximate surface area is 155 Å². The van der Waals surface area contributed by atoms with Crippen LogP contribution in [0.2, 0.25) is 0 Å². The van der Waals surface area contributed by atoms with E-state index in [-0.39, 0.29) is 24.4 Å². The van der Waals surface area contributed by atoms with Gasteiger partial charge in [0.2, 0.25) is 0 Å². The topological polar surface area (TPSA) is 64.3 Å². The van der Waals surface area contributed by atoms with Gasteiger partial charge in [-0.25, -0.2) is 0 Å². The standard InChI is InChI=1S/C20H24N2O2.ClH/c21-17-8-10-18(11-9-17)22-20(23)16-6-12-19(13-7-16)24-14-15-4-2-1-3-5-15;/h1-7,12-13,17-18H,8-11,14,21H2,(H,22,23);1H. The normalized spacial score (nSPS) is 19.6. The van der Waals surface area contributed by atoms with Crippen molar-refractivity contribution in [1.82, 2.24) is 5.32 Å². The van der Waals surface area contributed by atoms with Gasteiger partial charge < -0.3 is 15.8 Å². The maximum absolute atomic E-state index is 12.3. The van der Waals surface area contributed by atoms with E-state index in [4.69, 9.17) is 10.5 Å². The minimum Gasteiger partial charge on any atom is -0.489 e. The molecule has 4 nitrogen and oxygen atoms in total. The Kier molecular flexibility index (Phi) is 7.29. The highest BCUT2D eigenvalue weighted by atomic mass is 35.5. The highest BCUT2D eigenvalue weighted by molar-refractivity contribution is 5.94. The summed E-state index contributed by atoms with van der Waals surface area (Å²) >= 11 is 0. The van der Waals surface area contributed by atoms with E-state index in [9.17, 15) is 4.79 Å². The van der Waals surface area contributed by atoms with Gasteiger partial charge in [-0.3, -0.25) is 4.79 Å². The first-order valence-corrected chi connectivity index (χ1v) is 8.54. The average Bonchev–Trinajstić information content (AvgIpc) is 2.63. The number of carbonyl (C=O) groups excluding carboxylic acids is 1. The predicted molar refractivity (Wildman–Crippen MR) is 102 cm³/mol. The zero-order chi connectivity index (χ0) is 16.8. The number of hydrogen-bond donors (Lipinski definition) is 2. The van der Waals surface area contributed by atoms with Crippen molar-refractivity contribution < 1.29 is 9.53 Å². The van der Waals surface area contributed by atoms with Crippen LogP contribution >= 0.6 is 12.4 Å². The molecule has 0 heterocycles. The van der Waals surface area contributed by atoms with Gasteiger partial charge in [0.25, 0.3) is 5.91 Å². The van der Waals surface area contributed by atoms with E-state index >= 15 is 0 Å². The van der Waals surface area contributed by atoms with Crippen molar-refractivity contribution in [2.24, 2.45) is 5.73 Å². The molecule has 1 fully saturated rings. The number of nitrogens with two attached hydrogens (primary N) is 1. The van der Waals surface area contributed by atoms with E-state index < -0.39 is 0 Å². The van der Waals surface area contributed by atoms with Crippen LogP contribution in [-0.2, 0) is 6.61 Å². The van der Waals surface area contributed by atoms with Crippen LogP contribution in [0.5, 0.6) is 5.75 Å². The zero-order valence-corrected chi connectivity index (χ0v) is 15.0. The Morgan fingerprint density at radius 2 is 1.64 bits per heavy atom. The Hall–Kier alpha value is -2.04. The summed E-state index contributed by atoms with van der Waals surface area (Å²) in [5, 5.41) is 3.10. The van der Waals surface area contributed by atoms with Crippen molar-refractivity contribution in [1.29, 1.82) is 0 Å². The monoisotopic (exact) mass is 360 g/mol. The summed E-state index contributed by atoms with van der Waals surface area (Å²) in [7, 11) is 0. The molecule has 1 aliphatic rings. The second-order valence-electron chi connectivity index (χ2n) is 6.38. The van der Waals surface area contributed by atoms with Gasteiger partial charge in [-0.05, 0) is 55.5 Å². The van der Waals surface area contributed by atoms with Crippen molar-refractivity contribution in [2.45, 2.75) is 44.4 Å². The Morgan fingerprint density at radius 1 is 1.00 bits per heavy atom. The lowest BCUT2D eigenvalue weighted by Gasteiger charge is -2.26. The van der Waals surface area contributed by atoms with Crippen LogP contribution < -0.4 is 15.8 Å². The molecule has 0 radical (unpaired) electrons. The number of benzene rings is 2. The van der Waals surface area contributed by atoms with E-state index in [2.05, 4.69) is 5.32 Å². The van der Waals surface area contributed by atoms with Gasteiger partial charge in [0.15, 0.2) is 0 Å². The van der Waals surface area contributed by atoms with Crippen LogP contribution in [0.1, 0.15) is 41.6 Å². The third kappa shape index (κ3) is 5.76. The van der Waals surface area contributed by atoms with Gasteiger partial charge in [-0.1, -0.05) is 30.3 Å². The number of rotatable bonds is 5. The van der Waals surface area contributed by atoms with E-state index in [0.717, 1.165) is 37.0 Å². The lowest BCUT2D eigenvalue weighted by molar-refractivity contribution is 0.0926. The molecule has 0 bridgehead atoms. The van der Waals surface area contributed by atoms with Crippen LogP contribution in [0.15, 0.2) is 54.6 Å². The van der Waals surface area contributed by atoms with Gasteiger partial charge in [0.1, 0.15) is 12.4 Å². The van der Waals surface area contributed by atoms with Gasteiger partial charge in [-0.2, -0.15) is 0 Å². The highest BCUT2D eigenvalue weighted by Gasteiger charge is 2.20. The molecule has 3 rings (SSSR count).